The van der Waals surface area contributed by atoms with Crippen LogP contribution in [0.15, 0.2) is 62.7 Å². The lowest BCUT2D eigenvalue weighted by Gasteiger charge is -2.30. The van der Waals surface area contributed by atoms with E-state index in [2.05, 4.69) is 24.9 Å². The lowest BCUT2D eigenvalue weighted by Crippen LogP contribution is -2.31. The maximum Gasteiger partial charge on any atom is 0.269 e. The SMILES string of the molecule is Cc1ccccc1S(=NC(C)(C)CC(C)(C)C)NS(=O)(=O)c1ccc([N+](=O)[O-])cc1. The number of nitro benzene ring substituents is 1. The van der Waals surface area contributed by atoms with Crippen LogP contribution in [-0.2, 0) is 20.9 Å². The van der Waals surface area contributed by atoms with E-state index in [1.165, 1.54) is 24.3 Å². The number of nitrogens with one attached hydrogen (secondary N) is 1. The van der Waals surface area contributed by atoms with Gasteiger partial charge in [-0.1, -0.05) is 39.0 Å². The number of hydrogen-bond donors (Lipinski definition) is 1. The van der Waals surface area contributed by atoms with Crippen molar-refractivity contribution in [3.05, 3.63) is 64.2 Å². The molecule has 2 rings (SSSR count). The largest absolute Gasteiger partial charge is 0.269 e. The van der Waals surface area contributed by atoms with E-state index in [9.17, 15) is 18.5 Å². The molecule has 9 heteroatoms. The molecule has 0 aromatic heterocycles. The number of sulfonamides is 1. The zero-order chi connectivity index (χ0) is 22.7. The highest BCUT2D eigenvalue weighted by molar-refractivity contribution is 8.02. The minimum Gasteiger partial charge on any atom is -0.258 e. The molecule has 1 unspecified atom stereocenters. The Balaban J connectivity index is 2.51. The second-order valence-corrected chi connectivity index (χ2v) is 12.4. The predicted octanol–water partition coefficient (Wildman–Crippen LogP) is 5.17. The third-order valence-corrected chi connectivity index (χ3v) is 8.10. The van der Waals surface area contributed by atoms with Crippen LogP contribution in [0.5, 0.6) is 0 Å². The van der Waals surface area contributed by atoms with Gasteiger partial charge in [0.05, 0.1) is 15.4 Å². The van der Waals surface area contributed by atoms with Crippen LogP contribution >= 0.6 is 0 Å². The van der Waals surface area contributed by atoms with Crippen molar-refractivity contribution in [2.24, 2.45) is 9.78 Å². The minimum absolute atomic E-state index is 0.0189. The quantitative estimate of drug-likeness (QED) is 0.463. The molecule has 0 saturated heterocycles. The summed E-state index contributed by atoms with van der Waals surface area (Å²) in [5.41, 5.74) is 0.317. The van der Waals surface area contributed by atoms with Crippen LogP contribution in [0, 0.1) is 22.5 Å². The molecule has 0 radical (unpaired) electrons. The van der Waals surface area contributed by atoms with Crippen molar-refractivity contribution in [2.45, 2.75) is 63.3 Å². The van der Waals surface area contributed by atoms with Crippen LogP contribution in [0.3, 0.4) is 0 Å². The summed E-state index contributed by atoms with van der Waals surface area (Å²) in [6.07, 6.45) is 0.772. The lowest BCUT2D eigenvalue weighted by atomic mass is 9.82. The summed E-state index contributed by atoms with van der Waals surface area (Å²) >= 11 is 0. The van der Waals surface area contributed by atoms with Gasteiger partial charge < -0.3 is 0 Å². The number of hydrogen-bond acceptors (Lipinski definition) is 5. The molecule has 0 amide bonds. The summed E-state index contributed by atoms with van der Waals surface area (Å²) in [7, 11) is -5.07. The van der Waals surface area contributed by atoms with Gasteiger partial charge >= 0.3 is 0 Å². The van der Waals surface area contributed by atoms with E-state index in [1.807, 2.05) is 45.0 Å². The maximum absolute atomic E-state index is 13.0. The monoisotopic (exact) mass is 451 g/mol. The van der Waals surface area contributed by atoms with Crippen LogP contribution in [0.4, 0.5) is 5.69 Å². The minimum atomic E-state index is -3.94. The van der Waals surface area contributed by atoms with E-state index in [-0.39, 0.29) is 16.0 Å². The molecular weight excluding hydrogens is 422 g/mol. The van der Waals surface area contributed by atoms with Crippen LogP contribution in [0.2, 0.25) is 0 Å². The highest BCUT2D eigenvalue weighted by Crippen LogP contribution is 2.31. The third-order valence-electron chi connectivity index (χ3n) is 4.15. The lowest BCUT2D eigenvalue weighted by molar-refractivity contribution is -0.384. The smallest absolute Gasteiger partial charge is 0.258 e. The van der Waals surface area contributed by atoms with Gasteiger partial charge in [0.2, 0.25) is 0 Å². The normalized spacial score (nSPS) is 13.9. The molecule has 30 heavy (non-hydrogen) atoms. The first kappa shape index (κ1) is 24.2. The highest BCUT2D eigenvalue weighted by Gasteiger charge is 2.27. The van der Waals surface area contributed by atoms with E-state index in [1.54, 1.807) is 0 Å². The Bertz CT molecular complexity index is 1050. The first-order valence-corrected chi connectivity index (χ1v) is 12.2. The van der Waals surface area contributed by atoms with Crippen molar-refractivity contribution in [3.8, 4) is 0 Å². The Morgan fingerprint density at radius 1 is 1.03 bits per heavy atom. The van der Waals surface area contributed by atoms with Crippen molar-refractivity contribution >= 4 is 26.6 Å². The van der Waals surface area contributed by atoms with Crippen molar-refractivity contribution < 1.29 is 13.3 Å². The molecule has 0 fully saturated rings. The molecule has 2 aromatic rings. The summed E-state index contributed by atoms with van der Waals surface area (Å²) in [6.45, 7) is 12.3. The van der Waals surface area contributed by atoms with Crippen molar-refractivity contribution in [1.82, 2.24) is 4.13 Å². The van der Waals surface area contributed by atoms with E-state index < -0.39 is 31.4 Å². The second kappa shape index (κ2) is 8.95. The molecule has 1 N–H and O–H groups in total. The molecule has 1 atom stereocenters. The number of nitro groups is 1. The molecule has 0 heterocycles. The van der Waals surface area contributed by atoms with Crippen LogP contribution in [0.1, 0.15) is 46.6 Å². The van der Waals surface area contributed by atoms with Gasteiger partial charge in [-0.25, -0.2) is 12.8 Å². The van der Waals surface area contributed by atoms with Crippen molar-refractivity contribution in [1.29, 1.82) is 0 Å². The molecule has 7 nitrogen and oxygen atoms in total. The third kappa shape index (κ3) is 6.72. The highest BCUT2D eigenvalue weighted by atomic mass is 32.3. The van der Waals surface area contributed by atoms with Gasteiger partial charge in [0.1, 0.15) is 0 Å². The summed E-state index contributed by atoms with van der Waals surface area (Å²) in [5, 5.41) is 10.9. The number of aryl methyl sites for hydroxylation is 1. The summed E-state index contributed by atoms with van der Waals surface area (Å²) in [4.78, 5) is 11.1. The Morgan fingerprint density at radius 3 is 2.10 bits per heavy atom. The number of benzene rings is 2. The first-order valence-electron chi connectivity index (χ1n) is 9.50. The molecule has 0 spiro atoms. The van der Waals surface area contributed by atoms with Crippen molar-refractivity contribution in [2.75, 3.05) is 0 Å². The molecule has 0 aliphatic rings. The maximum atomic E-state index is 13.0. The Hall–Kier alpha value is -2.10. The molecule has 164 valence electrons. The van der Waals surface area contributed by atoms with Crippen molar-refractivity contribution in [3.63, 3.8) is 0 Å². The predicted molar refractivity (Wildman–Crippen MR) is 121 cm³/mol. The molecular formula is C21H29N3O4S2. The number of rotatable bonds is 7. The first-order chi connectivity index (χ1) is 13.7. The van der Waals surface area contributed by atoms with E-state index >= 15 is 0 Å². The fraction of sp³-hybridized carbons (Fsp3) is 0.429. The molecule has 0 bridgehead atoms. The summed E-state index contributed by atoms with van der Waals surface area (Å²) in [6, 6.07) is 12.4. The second-order valence-electron chi connectivity index (χ2n) is 9.03. The Morgan fingerprint density at radius 2 is 1.60 bits per heavy atom. The van der Waals surface area contributed by atoms with Crippen LogP contribution < -0.4 is 4.13 Å². The van der Waals surface area contributed by atoms with Gasteiger partial charge in [-0.15, -0.1) is 4.13 Å². The van der Waals surface area contributed by atoms with Gasteiger partial charge in [-0.05, 0) is 56.4 Å². The number of nitrogens with zero attached hydrogens (tertiary/aromatic N) is 2. The topological polar surface area (TPSA) is 102 Å². The standard InChI is InChI=1S/C21H29N3O4S2/c1-16-9-7-8-10-19(16)29(22-21(5,6)15-20(2,3)4)23-30(27,28)18-13-11-17(12-14-18)24(25)26/h7-14H,15H2,1-6H3,(H,22,23). The summed E-state index contributed by atoms with van der Waals surface area (Å²) in [5.74, 6) is 0. The fourth-order valence-electron chi connectivity index (χ4n) is 3.36. The Kier molecular flexibility index (Phi) is 7.21. The average Bonchev–Trinajstić information content (AvgIpc) is 2.59. The van der Waals surface area contributed by atoms with Gasteiger partial charge in [-0.2, -0.15) is 0 Å². The molecule has 0 saturated carbocycles. The molecule has 0 aliphatic heterocycles. The molecule has 2 aromatic carbocycles. The molecule has 0 aliphatic carbocycles. The van der Waals surface area contributed by atoms with E-state index in [0.29, 0.717) is 0 Å². The van der Waals surface area contributed by atoms with E-state index in [0.717, 1.165) is 16.9 Å². The average molecular weight is 452 g/mol. The van der Waals surface area contributed by atoms with Gasteiger partial charge in [0.15, 0.2) is 0 Å². The van der Waals surface area contributed by atoms with Gasteiger partial charge in [0, 0.05) is 27.9 Å². The van der Waals surface area contributed by atoms with Gasteiger partial charge in [-0.3, -0.25) is 10.1 Å². The van der Waals surface area contributed by atoms with Crippen LogP contribution in [0.25, 0.3) is 0 Å². The van der Waals surface area contributed by atoms with Crippen LogP contribution in [-0.4, -0.2) is 18.9 Å². The number of non-ortho nitro benzene ring substituents is 1. The summed E-state index contributed by atoms with van der Waals surface area (Å²) < 4.78 is 33.7. The Labute approximate surface area is 181 Å². The van der Waals surface area contributed by atoms with Gasteiger partial charge in [0.25, 0.3) is 15.7 Å². The zero-order valence-electron chi connectivity index (χ0n) is 18.2. The zero-order valence-corrected chi connectivity index (χ0v) is 19.8. The fourth-order valence-corrected chi connectivity index (χ4v) is 6.82. The van der Waals surface area contributed by atoms with E-state index in [4.69, 9.17) is 4.36 Å².